The summed E-state index contributed by atoms with van der Waals surface area (Å²) in [5.74, 6) is 0. The van der Waals surface area contributed by atoms with Gasteiger partial charge in [0.2, 0.25) is 0 Å². The summed E-state index contributed by atoms with van der Waals surface area (Å²) in [5.41, 5.74) is 3.09. The summed E-state index contributed by atoms with van der Waals surface area (Å²) in [5, 5.41) is 10.6. The molecule has 2 fully saturated rings. The highest BCUT2D eigenvalue weighted by Gasteiger charge is 2.46. The standard InChI is InChI=1S/C31H36N2O4/c1-21-18-23(10-13-27(21)24-14-16-33(26-11-12-26)28(34)19-24)22(2)32-17-15-31(37-29(32)35,20-30(3,4)36)25-8-6-5-7-9-25/h5-10,13-14,16,18-19,22,26,36H,11-12,15,17,20H2,1-4H3. The lowest BCUT2D eigenvalue weighted by Gasteiger charge is -2.45. The minimum Gasteiger partial charge on any atom is -0.438 e. The van der Waals surface area contributed by atoms with Gasteiger partial charge in [0.05, 0.1) is 11.6 Å². The second kappa shape index (κ2) is 9.49. The van der Waals surface area contributed by atoms with Crippen LogP contribution in [0.25, 0.3) is 11.1 Å². The van der Waals surface area contributed by atoms with Crippen molar-refractivity contribution < 1.29 is 14.6 Å². The summed E-state index contributed by atoms with van der Waals surface area (Å²) < 4.78 is 7.98. The number of aromatic nitrogens is 1. The number of amides is 1. The molecule has 2 atom stereocenters. The molecule has 5 rings (SSSR count). The van der Waals surface area contributed by atoms with E-state index in [1.807, 2.05) is 73.1 Å². The molecule has 0 radical (unpaired) electrons. The van der Waals surface area contributed by atoms with Gasteiger partial charge in [-0.25, -0.2) is 4.79 Å². The second-order valence-electron chi connectivity index (χ2n) is 11.3. The molecular formula is C31H36N2O4. The van der Waals surface area contributed by atoms with E-state index in [1.54, 1.807) is 24.8 Å². The molecule has 1 aliphatic carbocycles. The van der Waals surface area contributed by atoms with E-state index in [0.29, 0.717) is 25.4 Å². The van der Waals surface area contributed by atoms with Crippen molar-refractivity contribution in [1.29, 1.82) is 0 Å². The molecule has 1 aliphatic heterocycles. The average molecular weight is 501 g/mol. The molecule has 1 amide bonds. The summed E-state index contributed by atoms with van der Waals surface area (Å²) in [4.78, 5) is 27.7. The van der Waals surface area contributed by atoms with Crippen LogP contribution in [0.1, 0.15) is 75.2 Å². The first-order valence-corrected chi connectivity index (χ1v) is 13.2. The zero-order valence-corrected chi connectivity index (χ0v) is 22.1. The number of carbonyl (C=O) groups is 1. The normalized spacial score (nSPS) is 21.0. The second-order valence-corrected chi connectivity index (χ2v) is 11.3. The predicted molar refractivity (Wildman–Crippen MR) is 144 cm³/mol. The largest absolute Gasteiger partial charge is 0.438 e. The monoisotopic (exact) mass is 500 g/mol. The zero-order valence-electron chi connectivity index (χ0n) is 22.1. The molecule has 2 unspecified atom stereocenters. The van der Waals surface area contributed by atoms with Crippen LogP contribution >= 0.6 is 0 Å². The van der Waals surface area contributed by atoms with Gasteiger partial charge in [-0.2, -0.15) is 0 Å². The Bertz CT molecular complexity index is 1350. The molecule has 1 saturated heterocycles. The molecule has 1 aromatic heterocycles. The molecule has 0 spiro atoms. The number of nitrogens with zero attached hydrogens (tertiary/aromatic N) is 2. The maximum atomic E-state index is 13.4. The van der Waals surface area contributed by atoms with E-state index in [4.69, 9.17) is 4.74 Å². The molecule has 194 valence electrons. The van der Waals surface area contributed by atoms with Crippen molar-refractivity contribution in [2.24, 2.45) is 0 Å². The van der Waals surface area contributed by atoms with Crippen molar-refractivity contribution in [3.05, 3.63) is 93.9 Å². The highest BCUT2D eigenvalue weighted by atomic mass is 16.6. The lowest BCUT2D eigenvalue weighted by molar-refractivity contribution is -0.101. The lowest BCUT2D eigenvalue weighted by atomic mass is 9.80. The number of benzene rings is 2. The molecular weight excluding hydrogens is 464 g/mol. The third-order valence-corrected chi connectivity index (χ3v) is 7.69. The number of rotatable bonds is 7. The first-order chi connectivity index (χ1) is 17.6. The number of ether oxygens (including phenoxy) is 1. The number of cyclic esters (lactones) is 1. The van der Waals surface area contributed by atoms with E-state index in [2.05, 4.69) is 6.07 Å². The summed E-state index contributed by atoms with van der Waals surface area (Å²) in [7, 11) is 0. The van der Waals surface area contributed by atoms with Crippen molar-refractivity contribution in [2.75, 3.05) is 6.54 Å². The maximum Gasteiger partial charge on any atom is 0.411 e. The molecule has 3 aromatic rings. The first-order valence-electron chi connectivity index (χ1n) is 13.2. The highest BCUT2D eigenvalue weighted by Crippen LogP contribution is 2.42. The van der Waals surface area contributed by atoms with E-state index in [9.17, 15) is 14.7 Å². The van der Waals surface area contributed by atoms with E-state index in [0.717, 1.165) is 40.7 Å². The number of aliphatic hydroxyl groups is 1. The number of pyridine rings is 1. The molecule has 1 N–H and O–H groups in total. The van der Waals surface area contributed by atoms with Gasteiger partial charge in [-0.1, -0.05) is 48.5 Å². The van der Waals surface area contributed by atoms with Crippen molar-refractivity contribution in [2.45, 2.75) is 76.7 Å². The van der Waals surface area contributed by atoms with Gasteiger partial charge >= 0.3 is 6.09 Å². The van der Waals surface area contributed by atoms with Crippen LogP contribution in [-0.2, 0) is 10.3 Å². The summed E-state index contributed by atoms with van der Waals surface area (Å²) >= 11 is 0. The molecule has 2 aromatic carbocycles. The Labute approximate surface area is 218 Å². The van der Waals surface area contributed by atoms with Crippen molar-refractivity contribution in [1.82, 2.24) is 9.47 Å². The minimum absolute atomic E-state index is 0.0425. The molecule has 0 bridgehead atoms. The van der Waals surface area contributed by atoms with E-state index < -0.39 is 11.2 Å². The molecule has 2 heterocycles. The van der Waals surface area contributed by atoms with Gasteiger partial charge in [0.15, 0.2) is 0 Å². The first kappa shape index (κ1) is 25.3. The van der Waals surface area contributed by atoms with Gasteiger partial charge in [0.25, 0.3) is 5.56 Å². The fourth-order valence-electron chi connectivity index (χ4n) is 5.65. The molecule has 6 heteroatoms. The molecule has 37 heavy (non-hydrogen) atoms. The van der Waals surface area contributed by atoms with Crippen LogP contribution < -0.4 is 5.56 Å². The Hall–Kier alpha value is -3.38. The Morgan fingerprint density at radius 2 is 1.81 bits per heavy atom. The van der Waals surface area contributed by atoms with Gasteiger partial charge < -0.3 is 19.3 Å². The Morgan fingerprint density at radius 1 is 1.08 bits per heavy atom. The van der Waals surface area contributed by atoms with Crippen LogP contribution in [0.5, 0.6) is 0 Å². The fraction of sp³-hybridized carbons (Fsp3) is 0.419. The third-order valence-electron chi connectivity index (χ3n) is 7.69. The van der Waals surface area contributed by atoms with E-state index in [1.165, 1.54) is 0 Å². The summed E-state index contributed by atoms with van der Waals surface area (Å²) in [6, 6.07) is 19.8. The maximum absolute atomic E-state index is 13.4. The molecule has 1 saturated carbocycles. The van der Waals surface area contributed by atoms with E-state index in [-0.39, 0.29) is 17.7 Å². The number of hydrogen-bond acceptors (Lipinski definition) is 4. The van der Waals surface area contributed by atoms with Crippen LogP contribution in [0.15, 0.2) is 71.7 Å². The SMILES string of the molecule is Cc1cc(C(C)N2CCC(CC(C)(C)O)(c3ccccc3)OC2=O)ccc1-c1ccn(C2CC2)c(=O)c1. The van der Waals surface area contributed by atoms with Gasteiger partial charge in [0, 0.05) is 37.7 Å². The van der Waals surface area contributed by atoms with Crippen molar-refractivity contribution >= 4 is 6.09 Å². The Balaban J connectivity index is 1.36. The van der Waals surface area contributed by atoms with E-state index >= 15 is 0 Å². The topological polar surface area (TPSA) is 71.8 Å². The fourth-order valence-corrected chi connectivity index (χ4v) is 5.65. The number of carbonyl (C=O) groups excluding carboxylic acids is 1. The highest BCUT2D eigenvalue weighted by molar-refractivity contribution is 5.71. The van der Waals surface area contributed by atoms with Gasteiger partial charge in [-0.3, -0.25) is 4.79 Å². The van der Waals surface area contributed by atoms with Crippen LogP contribution in [0, 0.1) is 6.92 Å². The van der Waals surface area contributed by atoms with Gasteiger partial charge in [0.1, 0.15) is 5.60 Å². The average Bonchev–Trinajstić information content (AvgIpc) is 3.68. The summed E-state index contributed by atoms with van der Waals surface area (Å²) in [6.45, 7) is 8.07. The van der Waals surface area contributed by atoms with Crippen LogP contribution in [0.2, 0.25) is 0 Å². The minimum atomic E-state index is -0.990. The van der Waals surface area contributed by atoms with Gasteiger partial charge in [-0.05, 0) is 74.4 Å². The predicted octanol–water partition coefficient (Wildman–Crippen LogP) is 6.12. The quantitative estimate of drug-likeness (QED) is 0.424. The number of aryl methyl sites for hydroxylation is 1. The smallest absolute Gasteiger partial charge is 0.411 e. The van der Waals surface area contributed by atoms with Gasteiger partial charge in [-0.15, -0.1) is 0 Å². The summed E-state index contributed by atoms with van der Waals surface area (Å²) in [6.07, 6.45) is 4.60. The number of hydrogen-bond donors (Lipinski definition) is 1. The Kier molecular flexibility index (Phi) is 6.48. The van der Waals surface area contributed by atoms with Crippen LogP contribution in [0.3, 0.4) is 0 Å². The Morgan fingerprint density at radius 3 is 2.41 bits per heavy atom. The van der Waals surface area contributed by atoms with Crippen LogP contribution in [-0.4, -0.2) is 32.8 Å². The molecule has 6 nitrogen and oxygen atoms in total. The van der Waals surface area contributed by atoms with Crippen LogP contribution in [0.4, 0.5) is 4.79 Å². The lowest BCUT2D eigenvalue weighted by Crippen LogP contribution is -2.51. The third kappa shape index (κ3) is 5.21. The van der Waals surface area contributed by atoms with Crippen molar-refractivity contribution in [3.63, 3.8) is 0 Å². The van der Waals surface area contributed by atoms with Crippen molar-refractivity contribution in [3.8, 4) is 11.1 Å². The molecule has 2 aliphatic rings. The zero-order chi connectivity index (χ0) is 26.4.